The molecule has 0 aliphatic carbocycles. The monoisotopic (exact) mass is 202 g/mol. The summed E-state index contributed by atoms with van der Waals surface area (Å²) in [5.41, 5.74) is 0. The fourth-order valence-corrected chi connectivity index (χ4v) is 1.07. The summed E-state index contributed by atoms with van der Waals surface area (Å²) in [7, 11) is 0. The molecule has 0 aliphatic rings. The molecule has 5 heteroatoms. The van der Waals surface area contributed by atoms with Gasteiger partial charge < -0.3 is 15.3 Å². The average molecular weight is 202 g/mol. The number of hydrogen-bond acceptors (Lipinski definition) is 3. The standard InChI is InChI=1S/C9H18N2O3/c1-3-5-11(7-9(13)14)8(12)6-10-4-2/h10H,3-7H2,1-2H3,(H,13,14). The first-order valence-electron chi connectivity index (χ1n) is 4.82. The highest BCUT2D eigenvalue weighted by molar-refractivity contribution is 5.82. The molecule has 0 fully saturated rings. The van der Waals surface area contributed by atoms with E-state index in [2.05, 4.69) is 5.32 Å². The van der Waals surface area contributed by atoms with Gasteiger partial charge in [0.1, 0.15) is 6.54 Å². The number of carboxylic acid groups (broad SMARTS) is 1. The molecule has 0 aromatic carbocycles. The fourth-order valence-electron chi connectivity index (χ4n) is 1.07. The van der Waals surface area contributed by atoms with Gasteiger partial charge in [0.05, 0.1) is 6.54 Å². The lowest BCUT2D eigenvalue weighted by Crippen LogP contribution is -2.41. The van der Waals surface area contributed by atoms with Crippen LogP contribution in [0.4, 0.5) is 0 Å². The minimum Gasteiger partial charge on any atom is -0.480 e. The number of amides is 1. The van der Waals surface area contributed by atoms with Gasteiger partial charge in [0.15, 0.2) is 0 Å². The molecule has 82 valence electrons. The van der Waals surface area contributed by atoms with Crippen molar-refractivity contribution in [3.8, 4) is 0 Å². The number of carbonyl (C=O) groups excluding carboxylic acids is 1. The van der Waals surface area contributed by atoms with E-state index < -0.39 is 5.97 Å². The maximum Gasteiger partial charge on any atom is 0.323 e. The zero-order chi connectivity index (χ0) is 11.0. The van der Waals surface area contributed by atoms with E-state index in [4.69, 9.17) is 5.11 Å². The predicted octanol–water partition coefficient (Wildman–Crippen LogP) is -0.0809. The van der Waals surface area contributed by atoms with Crippen LogP contribution >= 0.6 is 0 Å². The Morgan fingerprint density at radius 3 is 2.43 bits per heavy atom. The molecule has 0 radical (unpaired) electrons. The van der Waals surface area contributed by atoms with E-state index in [0.717, 1.165) is 6.42 Å². The van der Waals surface area contributed by atoms with Crippen molar-refractivity contribution in [2.24, 2.45) is 0 Å². The Bertz CT molecular complexity index is 194. The minimum absolute atomic E-state index is 0.156. The summed E-state index contributed by atoms with van der Waals surface area (Å²) in [4.78, 5) is 23.2. The molecule has 0 atom stereocenters. The molecule has 0 bridgehead atoms. The molecule has 0 aromatic heterocycles. The number of nitrogens with one attached hydrogen (secondary N) is 1. The van der Waals surface area contributed by atoms with Crippen molar-refractivity contribution < 1.29 is 14.7 Å². The van der Waals surface area contributed by atoms with Crippen molar-refractivity contribution in [2.45, 2.75) is 20.3 Å². The Balaban J connectivity index is 4.03. The highest BCUT2D eigenvalue weighted by atomic mass is 16.4. The van der Waals surface area contributed by atoms with Crippen LogP contribution in [-0.4, -0.2) is 48.1 Å². The zero-order valence-corrected chi connectivity index (χ0v) is 8.75. The van der Waals surface area contributed by atoms with Gasteiger partial charge in [-0.05, 0) is 13.0 Å². The number of carboxylic acids is 1. The first-order chi connectivity index (χ1) is 6.61. The molecule has 0 heterocycles. The molecule has 0 aromatic rings. The molecule has 5 nitrogen and oxygen atoms in total. The van der Waals surface area contributed by atoms with Crippen LogP contribution in [0.3, 0.4) is 0 Å². The maximum absolute atomic E-state index is 11.4. The summed E-state index contributed by atoms with van der Waals surface area (Å²) < 4.78 is 0. The molecule has 0 aliphatic heterocycles. The molecule has 1 amide bonds. The number of hydrogen-bond donors (Lipinski definition) is 2. The van der Waals surface area contributed by atoms with Crippen molar-refractivity contribution >= 4 is 11.9 Å². The van der Waals surface area contributed by atoms with E-state index >= 15 is 0 Å². The van der Waals surface area contributed by atoms with Crippen LogP contribution in [0.2, 0.25) is 0 Å². The normalized spacial score (nSPS) is 9.86. The molecule has 0 spiro atoms. The van der Waals surface area contributed by atoms with Gasteiger partial charge >= 0.3 is 5.97 Å². The third-order valence-electron chi connectivity index (χ3n) is 1.70. The largest absolute Gasteiger partial charge is 0.480 e. The number of carbonyl (C=O) groups is 2. The van der Waals surface area contributed by atoms with Crippen LogP contribution in [0, 0.1) is 0 Å². The SMILES string of the molecule is CCCN(CC(=O)O)C(=O)CNCC. The third kappa shape index (κ3) is 5.53. The predicted molar refractivity (Wildman–Crippen MR) is 53.1 cm³/mol. The van der Waals surface area contributed by atoms with Crippen molar-refractivity contribution in [3.05, 3.63) is 0 Å². The van der Waals surface area contributed by atoms with Crippen molar-refractivity contribution in [1.29, 1.82) is 0 Å². The molecule has 14 heavy (non-hydrogen) atoms. The number of rotatable bonds is 7. The van der Waals surface area contributed by atoms with Gasteiger partial charge in [0, 0.05) is 6.54 Å². The van der Waals surface area contributed by atoms with Crippen molar-refractivity contribution in [1.82, 2.24) is 10.2 Å². The summed E-state index contributed by atoms with van der Waals surface area (Å²) in [5, 5.41) is 11.4. The number of aliphatic carboxylic acids is 1. The van der Waals surface area contributed by atoms with Crippen LogP contribution in [0.15, 0.2) is 0 Å². The van der Waals surface area contributed by atoms with Crippen LogP contribution in [0.5, 0.6) is 0 Å². The Hall–Kier alpha value is -1.10. The Morgan fingerprint density at radius 1 is 1.36 bits per heavy atom. The van der Waals surface area contributed by atoms with Gasteiger partial charge in [0.25, 0.3) is 0 Å². The van der Waals surface area contributed by atoms with Gasteiger partial charge in [-0.3, -0.25) is 9.59 Å². The molecule has 0 saturated carbocycles. The maximum atomic E-state index is 11.4. The zero-order valence-electron chi connectivity index (χ0n) is 8.75. The van der Waals surface area contributed by atoms with E-state index in [1.807, 2.05) is 13.8 Å². The van der Waals surface area contributed by atoms with Crippen LogP contribution < -0.4 is 5.32 Å². The summed E-state index contributed by atoms with van der Waals surface area (Å²) in [6.07, 6.45) is 0.769. The van der Waals surface area contributed by atoms with E-state index in [0.29, 0.717) is 13.1 Å². The lowest BCUT2D eigenvalue weighted by Gasteiger charge is -2.19. The average Bonchev–Trinajstić information content (AvgIpc) is 2.13. The molecule has 0 saturated heterocycles. The second kappa shape index (κ2) is 7.32. The van der Waals surface area contributed by atoms with Crippen molar-refractivity contribution in [3.63, 3.8) is 0 Å². The second-order valence-electron chi connectivity index (χ2n) is 2.99. The highest BCUT2D eigenvalue weighted by Gasteiger charge is 2.14. The summed E-state index contributed by atoms with van der Waals surface area (Å²) in [5.74, 6) is -1.13. The molecule has 0 unspecified atom stereocenters. The van der Waals surface area contributed by atoms with Gasteiger partial charge in [-0.25, -0.2) is 0 Å². The topological polar surface area (TPSA) is 69.6 Å². The lowest BCUT2D eigenvalue weighted by atomic mass is 10.3. The molecular weight excluding hydrogens is 184 g/mol. The molecule has 0 rings (SSSR count). The van der Waals surface area contributed by atoms with Gasteiger partial charge in [0.2, 0.25) is 5.91 Å². The van der Waals surface area contributed by atoms with Crippen LogP contribution in [-0.2, 0) is 9.59 Å². The van der Waals surface area contributed by atoms with E-state index in [-0.39, 0.29) is 19.0 Å². The fraction of sp³-hybridized carbons (Fsp3) is 0.778. The number of nitrogens with zero attached hydrogens (tertiary/aromatic N) is 1. The summed E-state index contributed by atoms with van der Waals surface area (Å²) in [6.45, 7) is 5.02. The first-order valence-corrected chi connectivity index (χ1v) is 4.82. The van der Waals surface area contributed by atoms with Crippen LogP contribution in [0.1, 0.15) is 20.3 Å². The first kappa shape index (κ1) is 12.9. The van der Waals surface area contributed by atoms with E-state index in [1.54, 1.807) is 0 Å². The minimum atomic E-state index is -0.969. The second-order valence-corrected chi connectivity index (χ2v) is 2.99. The summed E-state index contributed by atoms with van der Waals surface area (Å²) >= 11 is 0. The highest BCUT2D eigenvalue weighted by Crippen LogP contribution is 1.92. The van der Waals surface area contributed by atoms with Gasteiger partial charge in [-0.15, -0.1) is 0 Å². The van der Waals surface area contributed by atoms with E-state index in [1.165, 1.54) is 4.90 Å². The molecular formula is C9H18N2O3. The third-order valence-corrected chi connectivity index (χ3v) is 1.70. The Morgan fingerprint density at radius 2 is 2.00 bits per heavy atom. The number of likely N-dealkylation sites (N-methyl/N-ethyl adjacent to an activating group) is 1. The van der Waals surface area contributed by atoms with E-state index in [9.17, 15) is 9.59 Å². The quantitative estimate of drug-likeness (QED) is 0.606. The van der Waals surface area contributed by atoms with Gasteiger partial charge in [-0.2, -0.15) is 0 Å². The van der Waals surface area contributed by atoms with Gasteiger partial charge in [-0.1, -0.05) is 13.8 Å². The lowest BCUT2D eigenvalue weighted by molar-refractivity contribution is -0.144. The smallest absolute Gasteiger partial charge is 0.323 e. The Labute approximate surface area is 84.1 Å². The van der Waals surface area contributed by atoms with Crippen molar-refractivity contribution in [2.75, 3.05) is 26.2 Å². The Kier molecular flexibility index (Phi) is 6.74. The van der Waals surface area contributed by atoms with Crippen LogP contribution in [0.25, 0.3) is 0 Å². The summed E-state index contributed by atoms with van der Waals surface area (Å²) in [6, 6.07) is 0. The molecule has 2 N–H and O–H groups in total.